The second-order valence-electron chi connectivity index (χ2n) is 5.76. The van der Waals surface area contributed by atoms with Gasteiger partial charge >= 0.3 is 0 Å². The van der Waals surface area contributed by atoms with Crippen molar-refractivity contribution in [2.45, 2.75) is 6.54 Å². The number of ether oxygens (including phenoxy) is 1. The van der Waals surface area contributed by atoms with Crippen LogP contribution in [0, 0.1) is 0 Å². The molecule has 0 N–H and O–H groups in total. The Bertz CT molecular complexity index is 848. The van der Waals surface area contributed by atoms with Gasteiger partial charge in [0.05, 0.1) is 24.6 Å². The van der Waals surface area contributed by atoms with Crippen molar-refractivity contribution in [3.8, 4) is 5.75 Å². The largest absolute Gasteiger partial charge is 0.497 e. The van der Waals surface area contributed by atoms with Crippen molar-refractivity contribution in [2.24, 2.45) is 0 Å². The first-order valence-electron chi connectivity index (χ1n) is 7.65. The minimum Gasteiger partial charge on any atom is -0.497 e. The maximum Gasteiger partial charge on any atom is 0.256 e. The second kappa shape index (κ2) is 7.57. The molecule has 0 aliphatic heterocycles. The SMILES string of the molecule is COc1ccc(CN(C)C(=O)c2ccccc2N(C)S(C)(=O)=O)cc1. The van der Waals surface area contributed by atoms with Gasteiger partial charge in [0.1, 0.15) is 5.75 Å². The Labute approximate surface area is 148 Å². The molecule has 2 aromatic carbocycles. The summed E-state index contributed by atoms with van der Waals surface area (Å²) in [6.45, 7) is 0.403. The van der Waals surface area contributed by atoms with Gasteiger partial charge in [-0.05, 0) is 29.8 Å². The maximum absolute atomic E-state index is 12.8. The number of sulfonamides is 1. The lowest BCUT2D eigenvalue weighted by Crippen LogP contribution is -2.31. The number of hydrogen-bond acceptors (Lipinski definition) is 4. The van der Waals surface area contributed by atoms with Crippen LogP contribution in [0.2, 0.25) is 0 Å². The van der Waals surface area contributed by atoms with Gasteiger partial charge in [-0.15, -0.1) is 0 Å². The van der Waals surface area contributed by atoms with Gasteiger partial charge < -0.3 is 9.64 Å². The number of para-hydroxylation sites is 1. The van der Waals surface area contributed by atoms with Crippen molar-refractivity contribution in [1.82, 2.24) is 4.90 Å². The summed E-state index contributed by atoms with van der Waals surface area (Å²) >= 11 is 0. The molecule has 0 unspecified atom stereocenters. The molecule has 0 heterocycles. The highest BCUT2D eigenvalue weighted by Crippen LogP contribution is 2.23. The summed E-state index contributed by atoms with van der Waals surface area (Å²) in [5.41, 5.74) is 1.65. The van der Waals surface area contributed by atoms with Crippen LogP contribution in [0.15, 0.2) is 48.5 Å². The zero-order valence-corrected chi connectivity index (χ0v) is 15.6. The first kappa shape index (κ1) is 18.8. The monoisotopic (exact) mass is 362 g/mol. The van der Waals surface area contributed by atoms with Crippen molar-refractivity contribution in [3.05, 3.63) is 59.7 Å². The Hall–Kier alpha value is -2.54. The normalized spacial score (nSPS) is 11.0. The molecular formula is C18H22N2O4S. The number of carbonyl (C=O) groups excluding carboxylic acids is 1. The molecule has 2 aromatic rings. The molecular weight excluding hydrogens is 340 g/mol. The predicted molar refractivity (Wildman–Crippen MR) is 98.5 cm³/mol. The summed E-state index contributed by atoms with van der Waals surface area (Å²) in [5.74, 6) is 0.500. The van der Waals surface area contributed by atoms with E-state index >= 15 is 0 Å². The fourth-order valence-corrected chi connectivity index (χ4v) is 2.91. The lowest BCUT2D eigenvalue weighted by molar-refractivity contribution is 0.0786. The summed E-state index contributed by atoms with van der Waals surface area (Å²) in [6, 6.07) is 14.1. The van der Waals surface area contributed by atoms with Crippen LogP contribution in [-0.4, -0.2) is 46.7 Å². The predicted octanol–water partition coefficient (Wildman–Crippen LogP) is 2.36. The van der Waals surface area contributed by atoms with Crippen LogP contribution in [0.3, 0.4) is 0 Å². The Balaban J connectivity index is 2.24. The maximum atomic E-state index is 12.8. The number of anilines is 1. The lowest BCUT2D eigenvalue weighted by atomic mass is 10.1. The number of methoxy groups -OCH3 is 1. The van der Waals surface area contributed by atoms with Gasteiger partial charge in [-0.1, -0.05) is 24.3 Å². The van der Waals surface area contributed by atoms with Crippen LogP contribution in [0.1, 0.15) is 15.9 Å². The van der Waals surface area contributed by atoms with E-state index in [0.717, 1.165) is 21.9 Å². The van der Waals surface area contributed by atoms with Crippen molar-refractivity contribution in [1.29, 1.82) is 0 Å². The third-order valence-corrected chi connectivity index (χ3v) is 5.09. The first-order chi connectivity index (χ1) is 11.7. The minimum atomic E-state index is -3.46. The smallest absolute Gasteiger partial charge is 0.256 e. The van der Waals surface area contributed by atoms with Gasteiger partial charge in [0.15, 0.2) is 0 Å². The number of amides is 1. The third kappa shape index (κ3) is 4.51. The number of carbonyl (C=O) groups is 1. The molecule has 0 radical (unpaired) electrons. The number of rotatable bonds is 6. The Morgan fingerprint density at radius 1 is 1.04 bits per heavy atom. The van der Waals surface area contributed by atoms with E-state index in [9.17, 15) is 13.2 Å². The summed E-state index contributed by atoms with van der Waals surface area (Å²) in [6.07, 6.45) is 1.11. The highest BCUT2D eigenvalue weighted by Gasteiger charge is 2.21. The third-order valence-electron chi connectivity index (χ3n) is 3.90. The van der Waals surface area contributed by atoms with Crippen LogP contribution in [0.4, 0.5) is 5.69 Å². The average Bonchev–Trinajstić information content (AvgIpc) is 2.60. The molecule has 134 valence electrons. The van der Waals surface area contributed by atoms with Crippen molar-refractivity contribution in [2.75, 3.05) is 31.8 Å². The van der Waals surface area contributed by atoms with Crippen molar-refractivity contribution < 1.29 is 17.9 Å². The molecule has 0 aliphatic carbocycles. The van der Waals surface area contributed by atoms with Gasteiger partial charge in [-0.2, -0.15) is 0 Å². The zero-order valence-electron chi connectivity index (χ0n) is 14.8. The Morgan fingerprint density at radius 2 is 1.64 bits per heavy atom. The molecule has 0 saturated heterocycles. The molecule has 0 aromatic heterocycles. The summed E-state index contributed by atoms with van der Waals surface area (Å²) < 4.78 is 29.9. The molecule has 7 heteroatoms. The van der Waals surface area contributed by atoms with Gasteiger partial charge in [-0.25, -0.2) is 8.42 Å². The van der Waals surface area contributed by atoms with Crippen LogP contribution in [0.25, 0.3) is 0 Å². The zero-order chi connectivity index (χ0) is 18.6. The molecule has 25 heavy (non-hydrogen) atoms. The molecule has 0 spiro atoms. The molecule has 0 bridgehead atoms. The van der Waals surface area contributed by atoms with Crippen LogP contribution in [-0.2, 0) is 16.6 Å². The van der Waals surface area contributed by atoms with Gasteiger partial charge in [-0.3, -0.25) is 9.10 Å². The van der Waals surface area contributed by atoms with Crippen molar-refractivity contribution >= 4 is 21.6 Å². The van der Waals surface area contributed by atoms with Crippen LogP contribution >= 0.6 is 0 Å². The van der Waals surface area contributed by atoms with E-state index in [-0.39, 0.29) is 5.91 Å². The molecule has 0 fully saturated rings. The number of nitrogens with zero attached hydrogens (tertiary/aromatic N) is 2. The Kier molecular flexibility index (Phi) is 5.69. The quantitative estimate of drug-likeness (QED) is 0.791. The van der Waals surface area contributed by atoms with E-state index in [1.807, 2.05) is 24.3 Å². The summed E-state index contributed by atoms with van der Waals surface area (Å²) in [7, 11) is 1.26. The van der Waals surface area contributed by atoms with E-state index in [1.165, 1.54) is 7.05 Å². The first-order valence-corrected chi connectivity index (χ1v) is 9.50. The van der Waals surface area contributed by atoms with E-state index in [2.05, 4.69) is 0 Å². The van der Waals surface area contributed by atoms with E-state index in [1.54, 1.807) is 43.3 Å². The van der Waals surface area contributed by atoms with Gasteiger partial charge in [0.2, 0.25) is 10.0 Å². The average molecular weight is 362 g/mol. The molecule has 6 nitrogen and oxygen atoms in total. The fraction of sp³-hybridized carbons (Fsp3) is 0.278. The van der Waals surface area contributed by atoms with Gasteiger partial charge in [0, 0.05) is 20.6 Å². The van der Waals surface area contributed by atoms with Gasteiger partial charge in [0.25, 0.3) is 5.91 Å². The van der Waals surface area contributed by atoms with Crippen molar-refractivity contribution in [3.63, 3.8) is 0 Å². The fourth-order valence-electron chi connectivity index (χ4n) is 2.39. The summed E-state index contributed by atoms with van der Waals surface area (Å²) in [5, 5.41) is 0. The van der Waals surface area contributed by atoms with E-state index in [0.29, 0.717) is 17.8 Å². The molecule has 0 atom stereocenters. The lowest BCUT2D eigenvalue weighted by Gasteiger charge is -2.23. The van der Waals surface area contributed by atoms with E-state index < -0.39 is 10.0 Å². The molecule has 0 aliphatic rings. The number of benzene rings is 2. The second-order valence-corrected chi connectivity index (χ2v) is 7.77. The molecule has 0 saturated carbocycles. The number of hydrogen-bond donors (Lipinski definition) is 0. The molecule has 2 rings (SSSR count). The van der Waals surface area contributed by atoms with Crippen LogP contribution < -0.4 is 9.04 Å². The Morgan fingerprint density at radius 3 is 2.20 bits per heavy atom. The summed E-state index contributed by atoms with van der Waals surface area (Å²) in [4.78, 5) is 14.4. The highest BCUT2D eigenvalue weighted by atomic mass is 32.2. The van der Waals surface area contributed by atoms with E-state index in [4.69, 9.17) is 4.74 Å². The topological polar surface area (TPSA) is 66.9 Å². The van der Waals surface area contributed by atoms with Crippen LogP contribution in [0.5, 0.6) is 5.75 Å². The minimum absolute atomic E-state index is 0.248. The molecule has 1 amide bonds. The highest BCUT2D eigenvalue weighted by molar-refractivity contribution is 7.92. The standard InChI is InChI=1S/C18H22N2O4S/c1-19(13-14-9-11-15(24-3)12-10-14)18(21)16-7-5-6-8-17(16)20(2)25(4,22)23/h5-12H,13H2,1-4H3.